The zero-order valence-corrected chi connectivity index (χ0v) is 6.00. The summed E-state index contributed by atoms with van der Waals surface area (Å²) >= 11 is 0. The van der Waals surface area contributed by atoms with Crippen molar-refractivity contribution in [3.8, 4) is 0 Å². The lowest BCUT2D eigenvalue weighted by Crippen LogP contribution is -1.95. The van der Waals surface area contributed by atoms with Crippen LogP contribution in [0.3, 0.4) is 0 Å². The Morgan fingerprint density at radius 3 is 2.50 bits per heavy atom. The predicted octanol–water partition coefficient (Wildman–Crippen LogP) is 1.74. The van der Waals surface area contributed by atoms with Crippen LogP contribution in [0.25, 0.3) is 0 Å². The van der Waals surface area contributed by atoms with Gasteiger partial charge in [-0.3, -0.25) is 4.98 Å². The summed E-state index contributed by atoms with van der Waals surface area (Å²) in [6, 6.07) is 0. The van der Waals surface area contributed by atoms with Gasteiger partial charge in [0.05, 0.1) is 11.9 Å². The maximum Gasteiger partial charge on any atom is 0.231 e. The molecule has 0 aromatic carbocycles. The van der Waals surface area contributed by atoms with Gasteiger partial charge >= 0.3 is 0 Å². The molecule has 0 bridgehead atoms. The van der Waals surface area contributed by atoms with Gasteiger partial charge in [0.15, 0.2) is 0 Å². The summed E-state index contributed by atoms with van der Waals surface area (Å²) in [7, 11) is 0. The van der Waals surface area contributed by atoms with E-state index in [9.17, 15) is 4.39 Å². The van der Waals surface area contributed by atoms with Crippen LogP contribution >= 0.6 is 0 Å². The van der Waals surface area contributed by atoms with Gasteiger partial charge in [-0.05, 0) is 5.92 Å². The first kappa shape index (κ1) is 7.12. The van der Waals surface area contributed by atoms with E-state index >= 15 is 0 Å². The topological polar surface area (TPSA) is 25.8 Å². The summed E-state index contributed by atoms with van der Waals surface area (Å²) in [6.07, 6.45) is 2.68. The third-order valence-electron chi connectivity index (χ3n) is 1.22. The number of nitrogens with zero attached hydrogens (tertiary/aromatic N) is 2. The standard InChI is InChI=1S/C7H9FN2/c1-5(2)6-3-9-4-7(8)10-6/h3-5H,1-2H3. The Labute approximate surface area is 59.1 Å². The van der Waals surface area contributed by atoms with E-state index in [0.717, 1.165) is 6.20 Å². The van der Waals surface area contributed by atoms with E-state index < -0.39 is 5.95 Å². The van der Waals surface area contributed by atoms with Crippen molar-refractivity contribution in [3.05, 3.63) is 24.0 Å². The molecule has 0 aliphatic carbocycles. The van der Waals surface area contributed by atoms with Crippen molar-refractivity contribution in [2.75, 3.05) is 0 Å². The highest BCUT2D eigenvalue weighted by atomic mass is 19.1. The zero-order chi connectivity index (χ0) is 7.56. The van der Waals surface area contributed by atoms with Crippen LogP contribution in [0.2, 0.25) is 0 Å². The molecule has 0 unspecified atom stereocenters. The lowest BCUT2D eigenvalue weighted by molar-refractivity contribution is 0.563. The predicted molar refractivity (Wildman–Crippen MR) is 36.1 cm³/mol. The van der Waals surface area contributed by atoms with Gasteiger partial charge in [-0.15, -0.1) is 0 Å². The molecule has 0 N–H and O–H groups in total. The zero-order valence-electron chi connectivity index (χ0n) is 6.00. The molecule has 3 heteroatoms. The minimum atomic E-state index is -0.508. The minimum Gasteiger partial charge on any atom is -0.258 e. The van der Waals surface area contributed by atoms with Crippen LogP contribution in [0.1, 0.15) is 25.5 Å². The number of hydrogen-bond donors (Lipinski definition) is 0. The monoisotopic (exact) mass is 140 g/mol. The first-order chi connectivity index (χ1) is 4.70. The van der Waals surface area contributed by atoms with E-state index in [4.69, 9.17) is 0 Å². The summed E-state index contributed by atoms with van der Waals surface area (Å²) < 4.78 is 12.4. The van der Waals surface area contributed by atoms with Gasteiger partial charge in [-0.1, -0.05) is 13.8 Å². The van der Waals surface area contributed by atoms with Crippen LogP contribution in [-0.2, 0) is 0 Å². The number of halogens is 1. The van der Waals surface area contributed by atoms with Crippen molar-refractivity contribution in [2.45, 2.75) is 19.8 Å². The van der Waals surface area contributed by atoms with Crippen LogP contribution in [0.5, 0.6) is 0 Å². The van der Waals surface area contributed by atoms with E-state index in [0.29, 0.717) is 5.69 Å². The molecule has 1 rings (SSSR count). The van der Waals surface area contributed by atoms with Gasteiger partial charge in [-0.2, -0.15) is 4.39 Å². The number of hydrogen-bond acceptors (Lipinski definition) is 2. The normalized spacial score (nSPS) is 10.4. The molecule has 0 fully saturated rings. The van der Waals surface area contributed by atoms with Gasteiger partial charge in [0.1, 0.15) is 0 Å². The SMILES string of the molecule is CC(C)c1cncc(F)n1. The van der Waals surface area contributed by atoms with Crippen LogP contribution < -0.4 is 0 Å². The number of aromatic nitrogens is 2. The second kappa shape index (κ2) is 2.73. The average molecular weight is 140 g/mol. The van der Waals surface area contributed by atoms with Crippen molar-refractivity contribution >= 4 is 0 Å². The van der Waals surface area contributed by atoms with E-state index in [1.54, 1.807) is 6.20 Å². The highest BCUT2D eigenvalue weighted by molar-refractivity contribution is 5.00. The molecular weight excluding hydrogens is 131 g/mol. The van der Waals surface area contributed by atoms with Crippen LogP contribution in [0.15, 0.2) is 12.4 Å². The molecule has 54 valence electrons. The summed E-state index contributed by atoms with van der Waals surface area (Å²) in [5, 5.41) is 0. The quantitative estimate of drug-likeness (QED) is 0.593. The molecule has 1 aromatic heterocycles. The van der Waals surface area contributed by atoms with Gasteiger partial charge in [0, 0.05) is 6.20 Å². The van der Waals surface area contributed by atoms with Gasteiger partial charge in [0.2, 0.25) is 5.95 Å². The second-order valence-electron chi connectivity index (χ2n) is 2.42. The molecule has 0 atom stereocenters. The van der Waals surface area contributed by atoms with Crippen LogP contribution in [0.4, 0.5) is 4.39 Å². The van der Waals surface area contributed by atoms with Crippen molar-refractivity contribution < 1.29 is 4.39 Å². The summed E-state index contributed by atoms with van der Waals surface area (Å²) in [4.78, 5) is 7.31. The molecule has 10 heavy (non-hydrogen) atoms. The first-order valence-electron chi connectivity index (χ1n) is 3.17. The van der Waals surface area contributed by atoms with Gasteiger partial charge in [-0.25, -0.2) is 4.98 Å². The minimum absolute atomic E-state index is 0.239. The molecule has 1 heterocycles. The van der Waals surface area contributed by atoms with Crippen molar-refractivity contribution in [3.63, 3.8) is 0 Å². The molecular formula is C7H9FN2. The van der Waals surface area contributed by atoms with E-state index in [2.05, 4.69) is 9.97 Å². The van der Waals surface area contributed by atoms with Crippen molar-refractivity contribution in [2.24, 2.45) is 0 Å². The Morgan fingerprint density at radius 2 is 2.10 bits per heavy atom. The Morgan fingerprint density at radius 1 is 1.40 bits per heavy atom. The first-order valence-corrected chi connectivity index (χ1v) is 3.17. The highest BCUT2D eigenvalue weighted by Crippen LogP contribution is 2.08. The number of rotatable bonds is 1. The van der Waals surface area contributed by atoms with E-state index in [1.807, 2.05) is 13.8 Å². The van der Waals surface area contributed by atoms with Crippen LogP contribution in [0, 0.1) is 5.95 Å². The molecule has 0 saturated carbocycles. The lowest BCUT2D eigenvalue weighted by atomic mass is 10.1. The van der Waals surface area contributed by atoms with Gasteiger partial charge in [0.25, 0.3) is 0 Å². The Balaban J connectivity index is 2.96. The molecule has 0 aliphatic heterocycles. The smallest absolute Gasteiger partial charge is 0.231 e. The van der Waals surface area contributed by atoms with Gasteiger partial charge < -0.3 is 0 Å². The molecule has 0 spiro atoms. The largest absolute Gasteiger partial charge is 0.258 e. The highest BCUT2D eigenvalue weighted by Gasteiger charge is 2.00. The fraction of sp³-hybridized carbons (Fsp3) is 0.429. The molecule has 0 aliphatic rings. The maximum atomic E-state index is 12.4. The Hall–Kier alpha value is -0.990. The van der Waals surface area contributed by atoms with Crippen molar-refractivity contribution in [1.82, 2.24) is 9.97 Å². The lowest BCUT2D eigenvalue weighted by Gasteiger charge is -2.00. The summed E-state index contributed by atoms with van der Waals surface area (Å²) in [6.45, 7) is 3.90. The summed E-state index contributed by atoms with van der Waals surface area (Å²) in [5.41, 5.74) is 0.694. The maximum absolute atomic E-state index is 12.4. The molecule has 2 nitrogen and oxygen atoms in total. The molecule has 0 radical (unpaired) electrons. The van der Waals surface area contributed by atoms with E-state index in [-0.39, 0.29) is 5.92 Å². The average Bonchev–Trinajstić information content (AvgIpc) is 1.88. The van der Waals surface area contributed by atoms with E-state index in [1.165, 1.54) is 0 Å². The second-order valence-corrected chi connectivity index (χ2v) is 2.42. The fourth-order valence-electron chi connectivity index (χ4n) is 0.634. The Bertz CT molecular complexity index is 223. The molecule has 0 amide bonds. The summed E-state index contributed by atoms with van der Waals surface area (Å²) in [5.74, 6) is -0.269. The fourth-order valence-corrected chi connectivity index (χ4v) is 0.634. The van der Waals surface area contributed by atoms with Crippen molar-refractivity contribution in [1.29, 1.82) is 0 Å². The molecule has 0 saturated heterocycles. The van der Waals surface area contributed by atoms with Crippen LogP contribution in [-0.4, -0.2) is 9.97 Å². The third kappa shape index (κ3) is 1.50. The molecule has 1 aromatic rings. The Kier molecular flexibility index (Phi) is 1.94. The third-order valence-corrected chi connectivity index (χ3v) is 1.22.